The SMILES string of the molecule is CCC(C(=O)NCc1ccccc1CN1CCCC1)N(c1ccc(OC)c(Cl)c1)S(C)(=O)=O. The minimum atomic E-state index is -3.75. The van der Waals surface area contributed by atoms with Crippen LogP contribution in [-0.2, 0) is 27.9 Å². The molecular weight excluding hydrogens is 462 g/mol. The van der Waals surface area contributed by atoms with Crippen LogP contribution in [0.15, 0.2) is 42.5 Å². The van der Waals surface area contributed by atoms with Crippen molar-refractivity contribution in [2.24, 2.45) is 0 Å². The molecule has 1 amide bonds. The van der Waals surface area contributed by atoms with Crippen molar-refractivity contribution in [3.63, 3.8) is 0 Å². The predicted octanol–water partition coefficient (Wildman–Crippen LogP) is 3.81. The van der Waals surface area contributed by atoms with Gasteiger partial charge >= 0.3 is 0 Å². The Morgan fingerprint density at radius 2 is 1.85 bits per heavy atom. The first-order valence-electron chi connectivity index (χ1n) is 11.1. The number of ether oxygens (including phenoxy) is 1. The van der Waals surface area contributed by atoms with Gasteiger partial charge in [0.1, 0.15) is 11.8 Å². The zero-order valence-electron chi connectivity index (χ0n) is 19.4. The Hall–Kier alpha value is -2.29. The van der Waals surface area contributed by atoms with E-state index in [0.717, 1.165) is 35.8 Å². The van der Waals surface area contributed by atoms with E-state index in [1.807, 2.05) is 18.2 Å². The molecule has 1 N–H and O–H groups in total. The molecule has 33 heavy (non-hydrogen) atoms. The number of nitrogens with zero attached hydrogens (tertiary/aromatic N) is 2. The lowest BCUT2D eigenvalue weighted by molar-refractivity contribution is -0.122. The molecule has 0 saturated carbocycles. The Labute approximate surface area is 201 Å². The summed E-state index contributed by atoms with van der Waals surface area (Å²) in [6.45, 7) is 5.15. The van der Waals surface area contributed by atoms with Crippen LogP contribution < -0.4 is 14.4 Å². The summed E-state index contributed by atoms with van der Waals surface area (Å²) in [4.78, 5) is 15.6. The van der Waals surface area contributed by atoms with Crippen LogP contribution in [0.3, 0.4) is 0 Å². The highest BCUT2D eigenvalue weighted by Gasteiger charge is 2.32. The normalized spacial score (nSPS) is 15.3. The summed E-state index contributed by atoms with van der Waals surface area (Å²) in [6.07, 6.45) is 3.83. The molecule has 3 rings (SSSR count). The van der Waals surface area contributed by atoms with E-state index in [2.05, 4.69) is 16.3 Å². The van der Waals surface area contributed by atoms with Gasteiger partial charge in [-0.25, -0.2) is 8.42 Å². The van der Waals surface area contributed by atoms with Crippen LogP contribution in [0.2, 0.25) is 5.02 Å². The number of anilines is 1. The van der Waals surface area contributed by atoms with Crippen molar-refractivity contribution in [1.29, 1.82) is 0 Å². The predicted molar refractivity (Wildman–Crippen MR) is 132 cm³/mol. The van der Waals surface area contributed by atoms with E-state index in [9.17, 15) is 13.2 Å². The fraction of sp³-hybridized carbons (Fsp3) is 0.458. The van der Waals surface area contributed by atoms with Crippen LogP contribution in [0.4, 0.5) is 5.69 Å². The number of carbonyl (C=O) groups excluding carboxylic acids is 1. The highest BCUT2D eigenvalue weighted by molar-refractivity contribution is 7.92. The van der Waals surface area contributed by atoms with E-state index in [1.54, 1.807) is 19.1 Å². The topological polar surface area (TPSA) is 79.0 Å². The zero-order valence-corrected chi connectivity index (χ0v) is 21.0. The number of likely N-dealkylation sites (tertiary alicyclic amines) is 1. The minimum absolute atomic E-state index is 0.273. The second kappa shape index (κ2) is 11.2. The number of benzene rings is 2. The summed E-state index contributed by atoms with van der Waals surface area (Å²) in [5, 5.41) is 3.23. The third-order valence-corrected chi connectivity index (χ3v) is 7.36. The van der Waals surface area contributed by atoms with Crippen LogP contribution >= 0.6 is 11.6 Å². The molecule has 1 saturated heterocycles. The number of carbonyl (C=O) groups is 1. The van der Waals surface area contributed by atoms with Crippen LogP contribution in [-0.4, -0.2) is 51.7 Å². The van der Waals surface area contributed by atoms with Crippen molar-refractivity contribution in [3.8, 4) is 5.75 Å². The fourth-order valence-electron chi connectivity index (χ4n) is 4.22. The third-order valence-electron chi connectivity index (χ3n) is 5.88. The van der Waals surface area contributed by atoms with Gasteiger partial charge in [0.25, 0.3) is 0 Å². The molecule has 180 valence electrons. The molecule has 1 aliphatic heterocycles. The molecular formula is C24H32ClN3O4S. The Kier molecular flexibility index (Phi) is 8.62. The summed E-state index contributed by atoms with van der Waals surface area (Å²) in [5.74, 6) is 0.0758. The van der Waals surface area contributed by atoms with E-state index in [4.69, 9.17) is 16.3 Å². The maximum atomic E-state index is 13.2. The molecule has 0 radical (unpaired) electrons. The van der Waals surface area contributed by atoms with Gasteiger partial charge in [-0.3, -0.25) is 14.0 Å². The Balaban J connectivity index is 1.79. The van der Waals surface area contributed by atoms with Crippen LogP contribution in [0, 0.1) is 0 Å². The molecule has 2 aromatic carbocycles. The summed E-state index contributed by atoms with van der Waals surface area (Å²) in [6, 6.07) is 11.8. The standard InChI is InChI=1S/C24H32ClN3O4S/c1-4-22(28(33(3,30)31)20-11-12-23(32-2)21(25)15-20)24(29)26-16-18-9-5-6-10-19(18)17-27-13-7-8-14-27/h5-6,9-12,15,22H,4,7-8,13-14,16-17H2,1-3H3,(H,26,29). The van der Waals surface area contributed by atoms with Crippen LogP contribution in [0.25, 0.3) is 0 Å². The third kappa shape index (κ3) is 6.40. The molecule has 1 unspecified atom stereocenters. The Morgan fingerprint density at radius 1 is 1.18 bits per heavy atom. The number of hydrogen-bond acceptors (Lipinski definition) is 5. The van der Waals surface area contributed by atoms with Crippen molar-refractivity contribution in [2.75, 3.05) is 30.8 Å². The largest absolute Gasteiger partial charge is 0.495 e. The molecule has 1 fully saturated rings. The Morgan fingerprint density at radius 3 is 2.42 bits per heavy atom. The highest BCUT2D eigenvalue weighted by atomic mass is 35.5. The second-order valence-corrected chi connectivity index (χ2v) is 10.5. The molecule has 1 aliphatic rings. The summed E-state index contributed by atoms with van der Waals surface area (Å²) < 4.78 is 31.7. The van der Waals surface area contributed by atoms with Gasteiger partial charge in [-0.15, -0.1) is 0 Å². The van der Waals surface area contributed by atoms with Crippen molar-refractivity contribution >= 4 is 33.2 Å². The smallest absolute Gasteiger partial charge is 0.244 e. The van der Waals surface area contributed by atoms with Gasteiger partial charge in [0.05, 0.1) is 24.1 Å². The van der Waals surface area contributed by atoms with Gasteiger partial charge in [0.2, 0.25) is 15.9 Å². The first-order valence-corrected chi connectivity index (χ1v) is 13.4. The number of amides is 1. The maximum Gasteiger partial charge on any atom is 0.244 e. The Bertz CT molecular complexity index is 1070. The van der Waals surface area contributed by atoms with Gasteiger partial charge in [0, 0.05) is 13.1 Å². The fourth-order valence-corrected chi connectivity index (χ4v) is 5.67. The van der Waals surface area contributed by atoms with E-state index in [0.29, 0.717) is 24.4 Å². The van der Waals surface area contributed by atoms with Gasteiger partial charge in [-0.05, 0) is 61.7 Å². The quantitative estimate of drug-likeness (QED) is 0.544. The number of methoxy groups -OCH3 is 1. The lowest BCUT2D eigenvalue weighted by Gasteiger charge is -2.30. The van der Waals surface area contributed by atoms with Gasteiger partial charge < -0.3 is 10.1 Å². The molecule has 9 heteroatoms. The van der Waals surface area contributed by atoms with Gasteiger partial charge in [-0.1, -0.05) is 42.8 Å². The molecule has 0 bridgehead atoms. The first-order chi connectivity index (χ1) is 15.7. The van der Waals surface area contributed by atoms with Crippen LogP contribution in [0.5, 0.6) is 5.75 Å². The van der Waals surface area contributed by atoms with E-state index >= 15 is 0 Å². The van der Waals surface area contributed by atoms with Gasteiger partial charge in [0.15, 0.2) is 0 Å². The lowest BCUT2D eigenvalue weighted by Crippen LogP contribution is -2.49. The monoisotopic (exact) mass is 493 g/mol. The number of nitrogens with one attached hydrogen (secondary N) is 1. The highest BCUT2D eigenvalue weighted by Crippen LogP contribution is 2.32. The van der Waals surface area contributed by atoms with Crippen molar-refractivity contribution < 1.29 is 17.9 Å². The van der Waals surface area contributed by atoms with E-state index in [-0.39, 0.29) is 10.9 Å². The molecule has 7 nitrogen and oxygen atoms in total. The summed E-state index contributed by atoms with van der Waals surface area (Å²) in [7, 11) is -2.27. The van der Waals surface area contributed by atoms with Crippen molar-refractivity contribution in [3.05, 3.63) is 58.6 Å². The molecule has 2 aromatic rings. The second-order valence-electron chi connectivity index (χ2n) is 8.27. The lowest BCUT2D eigenvalue weighted by atomic mass is 10.1. The van der Waals surface area contributed by atoms with Crippen molar-refractivity contribution in [2.45, 2.75) is 45.3 Å². The summed E-state index contributed by atoms with van der Waals surface area (Å²) >= 11 is 6.23. The molecule has 0 aromatic heterocycles. The average Bonchev–Trinajstić information content (AvgIpc) is 3.28. The number of sulfonamides is 1. The molecule has 0 spiro atoms. The average molecular weight is 494 g/mol. The summed E-state index contributed by atoms with van der Waals surface area (Å²) in [5.41, 5.74) is 2.53. The molecule has 1 atom stereocenters. The molecule has 1 heterocycles. The zero-order chi connectivity index (χ0) is 24.0. The minimum Gasteiger partial charge on any atom is -0.495 e. The number of halogens is 1. The van der Waals surface area contributed by atoms with E-state index < -0.39 is 16.1 Å². The molecule has 0 aliphatic carbocycles. The number of rotatable bonds is 10. The number of hydrogen-bond donors (Lipinski definition) is 1. The van der Waals surface area contributed by atoms with Gasteiger partial charge in [-0.2, -0.15) is 0 Å². The van der Waals surface area contributed by atoms with Crippen molar-refractivity contribution in [1.82, 2.24) is 10.2 Å². The van der Waals surface area contributed by atoms with Crippen LogP contribution in [0.1, 0.15) is 37.3 Å². The maximum absolute atomic E-state index is 13.2. The first kappa shape index (κ1) is 25.3. The van der Waals surface area contributed by atoms with E-state index in [1.165, 1.54) is 31.6 Å².